The number of benzene rings is 1. The van der Waals surface area contributed by atoms with E-state index in [2.05, 4.69) is 10.6 Å². The molecule has 2 atom stereocenters. The number of amides is 4. The molecule has 0 aliphatic rings. The highest BCUT2D eigenvalue weighted by Gasteiger charge is 2.37. The van der Waals surface area contributed by atoms with Gasteiger partial charge < -0.3 is 35.8 Å². The number of nitriles is 1. The molecule has 1 rings (SSSR count). The number of primary amides is 1. The van der Waals surface area contributed by atoms with Gasteiger partial charge in [-0.3, -0.25) is 19.2 Å². The molecule has 0 bridgehead atoms. The third-order valence-corrected chi connectivity index (χ3v) is 4.92. The van der Waals surface area contributed by atoms with E-state index in [-0.39, 0.29) is 43.7 Å². The van der Waals surface area contributed by atoms with E-state index in [9.17, 15) is 34.3 Å². The van der Waals surface area contributed by atoms with Crippen LogP contribution in [-0.4, -0.2) is 71.1 Å². The van der Waals surface area contributed by atoms with Gasteiger partial charge in [0, 0.05) is 18.5 Å². The zero-order valence-electron chi connectivity index (χ0n) is 22.0. The summed E-state index contributed by atoms with van der Waals surface area (Å²) in [5.41, 5.74) is 4.33. The monoisotopic (exact) mass is 533 g/mol. The summed E-state index contributed by atoms with van der Waals surface area (Å²) in [6, 6.07) is 4.60. The van der Waals surface area contributed by atoms with Crippen LogP contribution in [0, 0.1) is 11.3 Å². The first-order valence-corrected chi connectivity index (χ1v) is 12.0. The van der Waals surface area contributed by atoms with E-state index in [1.54, 1.807) is 27.7 Å². The Morgan fingerprint density at radius 1 is 1.16 bits per heavy atom. The van der Waals surface area contributed by atoms with Crippen LogP contribution in [0.1, 0.15) is 58.6 Å². The Kier molecular flexibility index (Phi) is 12.5. The average molecular weight is 534 g/mol. The quantitative estimate of drug-likeness (QED) is 0.211. The Balaban J connectivity index is 3.39. The molecule has 0 heterocycles. The van der Waals surface area contributed by atoms with Gasteiger partial charge in [0.15, 0.2) is 0 Å². The number of phenols is 1. The second kappa shape index (κ2) is 15.0. The lowest BCUT2D eigenvalue weighted by molar-refractivity contribution is -0.144. The molecule has 13 nitrogen and oxygen atoms in total. The van der Waals surface area contributed by atoms with Crippen LogP contribution in [0.4, 0.5) is 4.79 Å². The molecule has 0 fully saturated rings. The predicted molar refractivity (Wildman–Crippen MR) is 134 cm³/mol. The first kappa shape index (κ1) is 31.7. The summed E-state index contributed by atoms with van der Waals surface area (Å²) >= 11 is 0. The van der Waals surface area contributed by atoms with Gasteiger partial charge >= 0.3 is 12.1 Å². The number of aromatic hydroxyl groups is 1. The van der Waals surface area contributed by atoms with Gasteiger partial charge in [-0.15, -0.1) is 0 Å². The van der Waals surface area contributed by atoms with E-state index in [4.69, 9.17) is 15.2 Å². The summed E-state index contributed by atoms with van der Waals surface area (Å²) in [4.78, 5) is 63.3. The van der Waals surface area contributed by atoms with Gasteiger partial charge in [0.2, 0.25) is 17.7 Å². The molecule has 1 aromatic carbocycles. The minimum Gasteiger partial charge on any atom is -0.508 e. The molecule has 208 valence electrons. The third kappa shape index (κ3) is 10.7. The SMILES string of the molecule is CCOC(=O)CCNC(=O)C(c1ccccc1O)N(CC#N)C(=O)C(CCC(N)=O)NC(=O)OC(C)(C)C. The highest BCUT2D eigenvalue weighted by atomic mass is 16.6. The Morgan fingerprint density at radius 2 is 1.82 bits per heavy atom. The fourth-order valence-electron chi connectivity index (χ4n) is 3.35. The van der Waals surface area contributed by atoms with Crippen LogP contribution in [-0.2, 0) is 28.7 Å². The van der Waals surface area contributed by atoms with Gasteiger partial charge in [0.1, 0.15) is 30.0 Å². The molecule has 0 radical (unpaired) electrons. The number of rotatable bonds is 13. The Morgan fingerprint density at radius 3 is 2.37 bits per heavy atom. The van der Waals surface area contributed by atoms with Crippen molar-refractivity contribution in [1.29, 1.82) is 5.26 Å². The van der Waals surface area contributed by atoms with Gasteiger partial charge in [-0.2, -0.15) is 5.26 Å². The van der Waals surface area contributed by atoms with Crippen molar-refractivity contribution in [3.8, 4) is 11.8 Å². The predicted octanol–water partition coefficient (Wildman–Crippen LogP) is 1.01. The second-order valence-electron chi connectivity index (χ2n) is 9.14. The maximum Gasteiger partial charge on any atom is 0.408 e. The number of esters is 1. The Bertz CT molecular complexity index is 1050. The van der Waals surface area contributed by atoms with Crippen LogP contribution in [0.5, 0.6) is 5.75 Å². The van der Waals surface area contributed by atoms with E-state index >= 15 is 0 Å². The van der Waals surface area contributed by atoms with E-state index in [1.807, 2.05) is 6.07 Å². The molecule has 0 aliphatic carbocycles. The fourth-order valence-corrected chi connectivity index (χ4v) is 3.35. The van der Waals surface area contributed by atoms with E-state index in [1.165, 1.54) is 24.3 Å². The van der Waals surface area contributed by atoms with Gasteiger partial charge in [-0.05, 0) is 40.2 Å². The largest absolute Gasteiger partial charge is 0.508 e. The number of ether oxygens (including phenoxy) is 2. The number of hydrogen-bond donors (Lipinski definition) is 4. The molecular formula is C25H35N5O8. The fraction of sp³-hybridized carbons (Fsp3) is 0.520. The number of nitrogens with two attached hydrogens (primary N) is 1. The van der Waals surface area contributed by atoms with E-state index in [0.717, 1.165) is 4.90 Å². The zero-order chi connectivity index (χ0) is 28.9. The molecule has 38 heavy (non-hydrogen) atoms. The first-order valence-electron chi connectivity index (χ1n) is 12.0. The number of phenolic OH excluding ortho intramolecular Hbond substituents is 1. The minimum atomic E-state index is -1.53. The van der Waals surface area contributed by atoms with Crippen LogP contribution in [0.2, 0.25) is 0 Å². The topological polar surface area (TPSA) is 201 Å². The molecule has 0 spiro atoms. The van der Waals surface area contributed by atoms with Crippen molar-refractivity contribution in [3.63, 3.8) is 0 Å². The van der Waals surface area contributed by atoms with Crippen LogP contribution in [0.3, 0.4) is 0 Å². The van der Waals surface area contributed by atoms with Crippen molar-refractivity contribution in [2.24, 2.45) is 5.73 Å². The molecule has 2 unspecified atom stereocenters. The number of carbonyl (C=O) groups is 5. The standard InChI is InChI=1S/C25H35N5O8/c1-5-37-20(33)12-14-28-22(34)21(16-8-6-7-9-18(16)31)30(15-13-26)23(35)17(10-11-19(27)32)29-24(36)38-25(2,3)4/h6-9,17,21,31H,5,10-12,14-15H2,1-4H3,(H2,27,32)(H,28,34)(H,29,36). The molecule has 0 saturated carbocycles. The normalized spacial score (nSPS) is 12.3. The van der Waals surface area contributed by atoms with Crippen LogP contribution in [0.15, 0.2) is 24.3 Å². The van der Waals surface area contributed by atoms with Gasteiger partial charge in [0.25, 0.3) is 0 Å². The maximum absolute atomic E-state index is 13.7. The molecule has 0 saturated heterocycles. The zero-order valence-corrected chi connectivity index (χ0v) is 22.0. The third-order valence-electron chi connectivity index (χ3n) is 4.92. The Labute approximate surface area is 221 Å². The first-order chi connectivity index (χ1) is 17.8. The molecule has 0 aromatic heterocycles. The lowest BCUT2D eigenvalue weighted by Crippen LogP contribution is -2.53. The number of carbonyl (C=O) groups excluding carboxylic acids is 5. The second-order valence-corrected chi connectivity index (χ2v) is 9.14. The van der Waals surface area contributed by atoms with Gasteiger partial charge in [0.05, 0.1) is 19.1 Å². The van der Waals surface area contributed by atoms with Crippen molar-refractivity contribution >= 4 is 29.8 Å². The number of alkyl carbamates (subject to hydrolysis) is 1. The van der Waals surface area contributed by atoms with Crippen molar-refractivity contribution in [2.45, 2.75) is 64.6 Å². The van der Waals surface area contributed by atoms with E-state index < -0.39 is 54.0 Å². The average Bonchev–Trinajstić information content (AvgIpc) is 2.81. The van der Waals surface area contributed by atoms with Crippen molar-refractivity contribution in [2.75, 3.05) is 19.7 Å². The van der Waals surface area contributed by atoms with Crippen molar-refractivity contribution < 1.29 is 38.6 Å². The highest BCUT2D eigenvalue weighted by molar-refractivity contribution is 5.93. The molecule has 1 aromatic rings. The van der Waals surface area contributed by atoms with Crippen LogP contribution < -0.4 is 16.4 Å². The van der Waals surface area contributed by atoms with Crippen molar-refractivity contribution in [3.05, 3.63) is 29.8 Å². The molecular weight excluding hydrogens is 498 g/mol. The number of para-hydroxylation sites is 1. The number of hydrogen-bond acceptors (Lipinski definition) is 9. The van der Waals surface area contributed by atoms with Gasteiger partial charge in [-0.25, -0.2) is 4.79 Å². The molecule has 4 amide bonds. The summed E-state index contributed by atoms with van der Waals surface area (Å²) in [5, 5.41) is 24.9. The maximum atomic E-state index is 13.7. The molecule has 13 heteroatoms. The number of nitrogens with one attached hydrogen (secondary N) is 2. The van der Waals surface area contributed by atoms with Crippen LogP contribution in [0.25, 0.3) is 0 Å². The Hall–Kier alpha value is -4.34. The van der Waals surface area contributed by atoms with Gasteiger partial charge in [-0.1, -0.05) is 18.2 Å². The highest BCUT2D eigenvalue weighted by Crippen LogP contribution is 2.29. The minimum absolute atomic E-state index is 0.00402. The summed E-state index contributed by atoms with van der Waals surface area (Å²) in [5.74, 6) is -3.32. The van der Waals surface area contributed by atoms with E-state index in [0.29, 0.717) is 0 Å². The summed E-state index contributed by atoms with van der Waals surface area (Å²) in [6.45, 7) is 5.88. The number of nitrogens with zero attached hydrogens (tertiary/aromatic N) is 2. The van der Waals surface area contributed by atoms with Crippen LogP contribution >= 0.6 is 0 Å². The summed E-state index contributed by atoms with van der Waals surface area (Å²) < 4.78 is 10.0. The molecule has 0 aliphatic heterocycles. The smallest absolute Gasteiger partial charge is 0.408 e. The summed E-state index contributed by atoms with van der Waals surface area (Å²) in [7, 11) is 0. The lowest BCUT2D eigenvalue weighted by Gasteiger charge is -2.33. The van der Waals surface area contributed by atoms with Crippen molar-refractivity contribution in [1.82, 2.24) is 15.5 Å². The summed E-state index contributed by atoms with van der Waals surface area (Å²) in [6.07, 6.45) is -1.65. The molecule has 5 N–H and O–H groups in total. The lowest BCUT2D eigenvalue weighted by atomic mass is 10.0.